The van der Waals surface area contributed by atoms with Crippen LogP contribution in [0.25, 0.3) is 0 Å². The van der Waals surface area contributed by atoms with Gasteiger partial charge in [0.2, 0.25) is 5.91 Å². The summed E-state index contributed by atoms with van der Waals surface area (Å²) in [5.41, 5.74) is 1.88. The second-order valence-electron chi connectivity index (χ2n) is 8.03. The number of aliphatic carboxylic acids is 1. The van der Waals surface area contributed by atoms with Crippen LogP contribution in [0.2, 0.25) is 0 Å². The highest BCUT2D eigenvalue weighted by Gasteiger charge is 2.28. The Labute approximate surface area is 183 Å². The zero-order valence-corrected chi connectivity index (χ0v) is 17.8. The molecule has 1 saturated heterocycles. The fourth-order valence-electron chi connectivity index (χ4n) is 3.96. The third kappa shape index (κ3) is 7.07. The lowest BCUT2D eigenvalue weighted by atomic mass is 10.0. The number of aliphatic hydroxyl groups excluding tert-OH is 1. The maximum absolute atomic E-state index is 12.2. The molecule has 31 heavy (non-hydrogen) atoms. The zero-order valence-electron chi connectivity index (χ0n) is 17.8. The molecule has 0 bridgehead atoms. The van der Waals surface area contributed by atoms with Crippen molar-refractivity contribution in [3.05, 3.63) is 66.0 Å². The number of rotatable bonds is 12. The van der Waals surface area contributed by atoms with Gasteiger partial charge in [-0.15, -0.1) is 0 Å². The van der Waals surface area contributed by atoms with Crippen LogP contribution in [-0.4, -0.2) is 49.4 Å². The molecule has 2 N–H and O–H groups in total. The van der Waals surface area contributed by atoms with Crippen molar-refractivity contribution in [3.8, 4) is 0 Å². The van der Waals surface area contributed by atoms with Gasteiger partial charge in [-0.05, 0) is 36.5 Å². The van der Waals surface area contributed by atoms with Crippen molar-refractivity contribution in [1.82, 2.24) is 14.7 Å². The van der Waals surface area contributed by atoms with Crippen LogP contribution in [0.3, 0.4) is 0 Å². The summed E-state index contributed by atoms with van der Waals surface area (Å²) < 4.78 is 1.84. The highest BCUT2D eigenvalue weighted by atomic mass is 16.4. The van der Waals surface area contributed by atoms with Gasteiger partial charge in [0.25, 0.3) is 0 Å². The predicted molar refractivity (Wildman–Crippen MR) is 117 cm³/mol. The summed E-state index contributed by atoms with van der Waals surface area (Å²) >= 11 is 0. The Morgan fingerprint density at radius 3 is 2.84 bits per heavy atom. The molecule has 2 aromatic rings. The molecule has 1 amide bonds. The molecule has 0 saturated carbocycles. The lowest BCUT2D eigenvalue weighted by Gasteiger charge is -2.22. The van der Waals surface area contributed by atoms with E-state index in [1.165, 1.54) is 0 Å². The van der Waals surface area contributed by atoms with E-state index in [0.717, 1.165) is 36.8 Å². The third-order valence-corrected chi connectivity index (χ3v) is 5.63. The lowest BCUT2D eigenvalue weighted by molar-refractivity contribution is -0.137. The van der Waals surface area contributed by atoms with Crippen LogP contribution in [0.4, 0.5) is 0 Å². The second kappa shape index (κ2) is 11.5. The number of carboxylic acids is 1. The number of hydrogen-bond donors (Lipinski definition) is 2. The van der Waals surface area contributed by atoms with Crippen molar-refractivity contribution in [2.24, 2.45) is 0 Å². The van der Waals surface area contributed by atoms with Crippen LogP contribution in [0.15, 0.2) is 54.9 Å². The van der Waals surface area contributed by atoms with E-state index in [9.17, 15) is 14.7 Å². The van der Waals surface area contributed by atoms with E-state index in [2.05, 4.69) is 5.10 Å². The number of carbonyl (C=O) groups is 2. The van der Waals surface area contributed by atoms with Crippen molar-refractivity contribution < 1.29 is 19.8 Å². The normalized spacial score (nSPS) is 17.5. The number of aromatic nitrogens is 2. The molecule has 1 unspecified atom stereocenters. The molecule has 0 spiro atoms. The third-order valence-electron chi connectivity index (χ3n) is 5.63. The summed E-state index contributed by atoms with van der Waals surface area (Å²) in [6.07, 6.45) is 11.5. The molecule has 1 aromatic heterocycles. The number of amides is 1. The number of hydrogen-bond acceptors (Lipinski definition) is 4. The number of nitrogens with zero attached hydrogens (tertiary/aromatic N) is 3. The van der Waals surface area contributed by atoms with E-state index in [1.54, 1.807) is 12.3 Å². The number of unbranched alkanes of at least 4 members (excludes halogenated alkanes) is 3. The number of carbonyl (C=O) groups excluding carboxylic acids is 1. The van der Waals surface area contributed by atoms with Gasteiger partial charge in [-0.3, -0.25) is 14.3 Å². The monoisotopic (exact) mass is 425 g/mol. The minimum absolute atomic E-state index is 0.00780. The summed E-state index contributed by atoms with van der Waals surface area (Å²) in [7, 11) is 0. The standard InChI is InChI=1S/C24H31N3O4/c28-22(20-8-5-7-19(17-20)18-26-15-6-14-25-26)12-10-21-11-13-23(29)27(21)16-4-2-1-3-9-24(30)31/h5-8,10,12,14-15,17,21-22,28H,1-4,9,11,13,16,18H2,(H,30,31)/t21-,22?/m0/s1. The van der Waals surface area contributed by atoms with Gasteiger partial charge in [0.05, 0.1) is 18.7 Å². The first-order valence-corrected chi connectivity index (χ1v) is 11.0. The summed E-state index contributed by atoms with van der Waals surface area (Å²) in [5.74, 6) is -0.610. The molecule has 1 fully saturated rings. The molecule has 7 nitrogen and oxygen atoms in total. The van der Waals surface area contributed by atoms with E-state index in [1.807, 2.05) is 52.2 Å². The van der Waals surface area contributed by atoms with Crippen molar-refractivity contribution in [2.75, 3.05) is 6.54 Å². The van der Waals surface area contributed by atoms with Gasteiger partial charge in [-0.2, -0.15) is 5.10 Å². The summed E-state index contributed by atoms with van der Waals surface area (Å²) in [6.45, 7) is 1.32. The van der Waals surface area contributed by atoms with E-state index in [4.69, 9.17) is 5.11 Å². The Hall–Kier alpha value is -2.93. The average molecular weight is 426 g/mol. The van der Waals surface area contributed by atoms with Gasteiger partial charge in [0.1, 0.15) is 0 Å². The van der Waals surface area contributed by atoms with Crippen molar-refractivity contribution in [2.45, 2.75) is 63.6 Å². The second-order valence-corrected chi connectivity index (χ2v) is 8.03. The minimum Gasteiger partial charge on any atom is -0.481 e. The van der Waals surface area contributed by atoms with Crippen molar-refractivity contribution >= 4 is 11.9 Å². The predicted octanol–water partition coefficient (Wildman–Crippen LogP) is 3.55. The van der Waals surface area contributed by atoms with E-state index < -0.39 is 12.1 Å². The summed E-state index contributed by atoms with van der Waals surface area (Å²) in [6, 6.07) is 9.71. The van der Waals surface area contributed by atoms with Gasteiger partial charge < -0.3 is 15.1 Å². The number of benzene rings is 1. The lowest BCUT2D eigenvalue weighted by Crippen LogP contribution is -2.32. The Kier molecular flexibility index (Phi) is 8.41. The molecular formula is C24H31N3O4. The van der Waals surface area contributed by atoms with E-state index in [-0.39, 0.29) is 18.4 Å². The first-order chi connectivity index (χ1) is 15.0. The molecule has 3 rings (SSSR count). The summed E-state index contributed by atoms with van der Waals surface area (Å²) in [4.78, 5) is 24.7. The Morgan fingerprint density at radius 1 is 1.23 bits per heavy atom. The SMILES string of the molecule is O=C(O)CCCCCCN1C(=O)CC[C@@H]1C=CC(O)c1cccc(Cn2cccn2)c1. The minimum atomic E-state index is -0.759. The number of aliphatic hydroxyl groups is 1. The quantitative estimate of drug-likeness (QED) is 0.401. The Bertz CT molecular complexity index is 879. The van der Waals surface area contributed by atoms with Crippen LogP contribution in [0, 0.1) is 0 Å². The average Bonchev–Trinajstić information content (AvgIpc) is 3.38. The highest BCUT2D eigenvalue weighted by molar-refractivity contribution is 5.79. The van der Waals surface area contributed by atoms with Crippen LogP contribution < -0.4 is 0 Å². The van der Waals surface area contributed by atoms with Crippen LogP contribution in [0.5, 0.6) is 0 Å². The molecule has 0 radical (unpaired) electrons. The molecule has 2 heterocycles. The molecule has 166 valence electrons. The van der Waals surface area contributed by atoms with Gasteiger partial charge in [0, 0.05) is 31.8 Å². The topological polar surface area (TPSA) is 95.7 Å². The molecule has 1 aromatic carbocycles. The Balaban J connectivity index is 1.51. The Morgan fingerprint density at radius 2 is 2.06 bits per heavy atom. The molecule has 2 atom stereocenters. The van der Waals surface area contributed by atoms with E-state index >= 15 is 0 Å². The largest absolute Gasteiger partial charge is 0.481 e. The maximum atomic E-state index is 12.2. The zero-order chi connectivity index (χ0) is 22.1. The van der Waals surface area contributed by atoms with Gasteiger partial charge in [-0.25, -0.2) is 0 Å². The molecule has 0 aliphatic carbocycles. The summed E-state index contributed by atoms with van der Waals surface area (Å²) in [5, 5.41) is 23.5. The fourth-order valence-corrected chi connectivity index (χ4v) is 3.96. The molecule has 1 aliphatic heterocycles. The first-order valence-electron chi connectivity index (χ1n) is 11.0. The first kappa shape index (κ1) is 22.7. The van der Waals surface area contributed by atoms with Gasteiger partial charge in [0.15, 0.2) is 0 Å². The van der Waals surface area contributed by atoms with Crippen molar-refractivity contribution in [1.29, 1.82) is 0 Å². The van der Waals surface area contributed by atoms with Crippen LogP contribution in [-0.2, 0) is 16.1 Å². The molecule has 7 heteroatoms. The van der Waals surface area contributed by atoms with Gasteiger partial charge in [-0.1, -0.05) is 49.3 Å². The smallest absolute Gasteiger partial charge is 0.303 e. The van der Waals surface area contributed by atoms with E-state index in [0.29, 0.717) is 25.9 Å². The molecule has 1 aliphatic rings. The highest BCUT2D eigenvalue weighted by Crippen LogP contribution is 2.23. The maximum Gasteiger partial charge on any atom is 0.303 e. The van der Waals surface area contributed by atoms with Crippen molar-refractivity contribution in [3.63, 3.8) is 0 Å². The molecular weight excluding hydrogens is 394 g/mol. The van der Waals surface area contributed by atoms with Crippen LogP contribution in [0.1, 0.15) is 62.2 Å². The fraction of sp³-hybridized carbons (Fsp3) is 0.458. The van der Waals surface area contributed by atoms with Gasteiger partial charge >= 0.3 is 5.97 Å². The van der Waals surface area contributed by atoms with Crippen LogP contribution >= 0.6 is 0 Å². The number of likely N-dealkylation sites (tertiary alicyclic amines) is 1. The number of carboxylic acid groups (broad SMARTS) is 1.